The zero-order valence-electron chi connectivity index (χ0n) is 18.4. The van der Waals surface area contributed by atoms with Crippen molar-refractivity contribution in [1.29, 1.82) is 0 Å². The number of anilines is 3. The number of amides is 4. The predicted octanol–water partition coefficient (Wildman–Crippen LogP) is 4.24. The average Bonchev–Trinajstić information content (AvgIpc) is 2.83. The van der Waals surface area contributed by atoms with Crippen LogP contribution in [0.5, 0.6) is 0 Å². The Morgan fingerprint density at radius 3 is 1.74 bits per heavy atom. The van der Waals surface area contributed by atoms with Gasteiger partial charge in [-0.25, -0.2) is 14.6 Å². The zero-order chi connectivity index (χ0) is 24.4. The summed E-state index contributed by atoms with van der Waals surface area (Å²) in [5.41, 5.74) is 0.965. The summed E-state index contributed by atoms with van der Waals surface area (Å²) in [6, 6.07) is 19.9. The summed E-state index contributed by atoms with van der Waals surface area (Å²) in [6.07, 6.45) is 1.30. The molecule has 4 rings (SSSR count). The summed E-state index contributed by atoms with van der Waals surface area (Å²) in [5.74, 6) is -1.63. The quantitative estimate of drug-likeness (QED) is 0.246. The first-order chi connectivity index (χ1) is 16.3. The molecule has 4 amide bonds. The van der Waals surface area contributed by atoms with E-state index in [9.17, 15) is 24.5 Å². The van der Waals surface area contributed by atoms with E-state index in [0.717, 1.165) is 9.80 Å². The van der Waals surface area contributed by atoms with Gasteiger partial charge in [0, 0.05) is 37.5 Å². The second-order valence-corrected chi connectivity index (χ2v) is 7.69. The Labute approximate surface area is 195 Å². The molecule has 0 aliphatic carbocycles. The summed E-state index contributed by atoms with van der Waals surface area (Å²) < 4.78 is 0. The average molecular weight is 456 g/mol. The highest BCUT2D eigenvalue weighted by Crippen LogP contribution is 2.32. The van der Waals surface area contributed by atoms with Crippen LogP contribution in [0.2, 0.25) is 0 Å². The van der Waals surface area contributed by atoms with Gasteiger partial charge in [-0.1, -0.05) is 36.4 Å². The lowest BCUT2D eigenvalue weighted by Gasteiger charge is -2.34. The molecule has 1 aliphatic heterocycles. The van der Waals surface area contributed by atoms with Crippen LogP contribution < -0.4 is 14.7 Å². The van der Waals surface area contributed by atoms with Gasteiger partial charge in [-0.05, 0) is 36.4 Å². The minimum absolute atomic E-state index is 0.191. The van der Waals surface area contributed by atoms with E-state index < -0.39 is 22.8 Å². The van der Waals surface area contributed by atoms with E-state index in [4.69, 9.17) is 0 Å². The molecule has 3 aromatic carbocycles. The maximum absolute atomic E-state index is 13.5. The van der Waals surface area contributed by atoms with Gasteiger partial charge >= 0.3 is 6.03 Å². The van der Waals surface area contributed by atoms with E-state index in [1.165, 1.54) is 24.3 Å². The van der Waals surface area contributed by atoms with Gasteiger partial charge in [0.15, 0.2) is 0 Å². The van der Waals surface area contributed by atoms with Gasteiger partial charge < -0.3 is 4.90 Å². The number of non-ortho nitro benzene ring substituents is 1. The molecule has 0 bridgehead atoms. The van der Waals surface area contributed by atoms with Crippen LogP contribution in [0.15, 0.2) is 84.4 Å². The molecule has 0 N–H and O–H groups in total. The summed E-state index contributed by atoms with van der Waals surface area (Å²) in [6.45, 7) is 0. The van der Waals surface area contributed by atoms with E-state index in [2.05, 4.69) is 0 Å². The normalized spacial score (nSPS) is 13.8. The van der Waals surface area contributed by atoms with E-state index in [0.29, 0.717) is 22.6 Å². The molecule has 9 heteroatoms. The smallest absolute Gasteiger partial charge is 0.343 e. The van der Waals surface area contributed by atoms with Crippen LogP contribution >= 0.6 is 0 Å². The van der Waals surface area contributed by atoms with E-state index in [1.807, 2.05) is 0 Å². The Balaban J connectivity index is 1.93. The van der Waals surface area contributed by atoms with Gasteiger partial charge in [-0.3, -0.25) is 19.7 Å². The standard InChI is InChI=1S/C25H20N4O5/c1-26(2)22-14-13-20(29(33)34)15-17(22)16-21-23(30)27(18-9-5-3-6-10-18)25(32)28(24(21)31)19-11-7-4-8-12-19/h3-16H,1-2H3. The highest BCUT2D eigenvalue weighted by molar-refractivity contribution is 6.46. The van der Waals surface area contributed by atoms with Crippen molar-refractivity contribution in [3.63, 3.8) is 0 Å². The fourth-order valence-corrected chi connectivity index (χ4v) is 3.67. The summed E-state index contributed by atoms with van der Waals surface area (Å²) in [4.78, 5) is 54.6. The molecule has 0 radical (unpaired) electrons. The molecule has 1 saturated heterocycles. The van der Waals surface area contributed by atoms with Crippen LogP contribution in [0.4, 0.5) is 27.5 Å². The molecule has 0 atom stereocenters. The van der Waals surface area contributed by atoms with Gasteiger partial charge in [0.1, 0.15) is 5.57 Å². The molecular weight excluding hydrogens is 436 g/mol. The number of carbonyl (C=O) groups is 3. The first-order valence-electron chi connectivity index (χ1n) is 10.3. The second-order valence-electron chi connectivity index (χ2n) is 7.69. The van der Waals surface area contributed by atoms with Crippen LogP contribution in [0, 0.1) is 10.1 Å². The number of urea groups is 1. The van der Waals surface area contributed by atoms with E-state index in [-0.39, 0.29) is 11.3 Å². The van der Waals surface area contributed by atoms with Crippen LogP contribution in [0.1, 0.15) is 5.56 Å². The first kappa shape index (κ1) is 22.4. The van der Waals surface area contributed by atoms with Crippen molar-refractivity contribution in [3.8, 4) is 0 Å². The molecule has 34 heavy (non-hydrogen) atoms. The van der Waals surface area contributed by atoms with Crippen molar-refractivity contribution < 1.29 is 19.3 Å². The number of carbonyl (C=O) groups excluding carboxylic acids is 3. The maximum Gasteiger partial charge on any atom is 0.343 e. The predicted molar refractivity (Wildman–Crippen MR) is 129 cm³/mol. The largest absolute Gasteiger partial charge is 0.377 e. The third-order valence-electron chi connectivity index (χ3n) is 5.28. The number of nitro benzene ring substituents is 1. The van der Waals surface area contributed by atoms with Crippen molar-refractivity contribution >= 4 is 46.7 Å². The molecule has 0 saturated carbocycles. The van der Waals surface area contributed by atoms with Crippen molar-refractivity contribution in [1.82, 2.24) is 0 Å². The lowest BCUT2D eigenvalue weighted by atomic mass is 10.0. The van der Waals surface area contributed by atoms with Crippen LogP contribution in [-0.2, 0) is 9.59 Å². The molecule has 3 aromatic rings. The minimum atomic E-state index is -0.815. The Bertz CT molecular complexity index is 1260. The molecule has 9 nitrogen and oxygen atoms in total. The van der Waals surface area contributed by atoms with Gasteiger partial charge in [-0.15, -0.1) is 0 Å². The fraction of sp³-hybridized carbons (Fsp3) is 0.0800. The monoisotopic (exact) mass is 456 g/mol. The highest BCUT2D eigenvalue weighted by Gasteiger charge is 2.43. The van der Waals surface area contributed by atoms with Crippen LogP contribution in [-0.4, -0.2) is 36.9 Å². The number of para-hydroxylation sites is 2. The SMILES string of the molecule is CN(C)c1ccc([N+](=O)[O-])cc1C=C1C(=O)N(c2ccccc2)C(=O)N(c2ccccc2)C1=O. The molecule has 170 valence electrons. The van der Waals surface area contributed by atoms with Crippen LogP contribution in [0.3, 0.4) is 0 Å². The number of nitrogens with zero attached hydrogens (tertiary/aromatic N) is 4. The lowest BCUT2D eigenvalue weighted by Crippen LogP contribution is -2.57. The number of rotatable bonds is 5. The number of benzene rings is 3. The summed E-state index contributed by atoms with van der Waals surface area (Å²) >= 11 is 0. The van der Waals surface area contributed by atoms with Gasteiger partial charge in [0.05, 0.1) is 16.3 Å². The minimum Gasteiger partial charge on any atom is -0.377 e. The second kappa shape index (κ2) is 8.99. The first-order valence-corrected chi connectivity index (χ1v) is 10.3. The molecule has 0 spiro atoms. The Kier molecular flexibility index (Phi) is 5.92. The van der Waals surface area contributed by atoms with E-state index in [1.54, 1.807) is 79.7 Å². The van der Waals surface area contributed by atoms with E-state index >= 15 is 0 Å². The number of nitro groups is 1. The van der Waals surface area contributed by atoms with Crippen molar-refractivity contribution in [2.24, 2.45) is 0 Å². The van der Waals surface area contributed by atoms with Gasteiger partial charge in [0.2, 0.25) is 0 Å². The third kappa shape index (κ3) is 4.02. The number of hydrogen-bond donors (Lipinski definition) is 0. The Morgan fingerprint density at radius 1 is 0.794 bits per heavy atom. The van der Waals surface area contributed by atoms with Gasteiger partial charge in [0.25, 0.3) is 17.5 Å². The molecule has 0 aromatic heterocycles. The molecule has 1 fully saturated rings. The number of hydrogen-bond acceptors (Lipinski definition) is 6. The maximum atomic E-state index is 13.5. The van der Waals surface area contributed by atoms with Crippen molar-refractivity contribution in [2.75, 3.05) is 28.8 Å². The van der Waals surface area contributed by atoms with Crippen LogP contribution in [0.25, 0.3) is 6.08 Å². The molecular formula is C25H20N4O5. The topological polar surface area (TPSA) is 104 Å². The fourth-order valence-electron chi connectivity index (χ4n) is 3.67. The number of imide groups is 2. The molecule has 1 heterocycles. The highest BCUT2D eigenvalue weighted by atomic mass is 16.6. The summed E-state index contributed by atoms with van der Waals surface area (Å²) in [7, 11) is 3.48. The van der Waals surface area contributed by atoms with Crippen molar-refractivity contribution in [3.05, 3.63) is 100 Å². The molecule has 0 unspecified atom stereocenters. The molecule has 1 aliphatic rings. The summed E-state index contributed by atoms with van der Waals surface area (Å²) in [5, 5.41) is 11.3. The zero-order valence-corrected chi connectivity index (χ0v) is 18.4. The Hall–Kier alpha value is -4.79. The lowest BCUT2D eigenvalue weighted by molar-refractivity contribution is -0.384. The van der Waals surface area contributed by atoms with Gasteiger partial charge in [-0.2, -0.15) is 0 Å². The Morgan fingerprint density at radius 2 is 1.29 bits per heavy atom. The number of barbiturate groups is 1. The van der Waals surface area contributed by atoms with Crippen molar-refractivity contribution in [2.45, 2.75) is 0 Å². The third-order valence-corrected chi connectivity index (χ3v) is 5.28.